The Hall–Kier alpha value is -3.84. The summed E-state index contributed by atoms with van der Waals surface area (Å²) < 4.78 is 28.1. The molecule has 6 atom stereocenters. The summed E-state index contributed by atoms with van der Waals surface area (Å²) in [7, 11) is 0. The molecule has 382 valence electrons. The quantitative estimate of drug-likeness (QED) is 0.0229. The largest absolute Gasteiger partial charge is 0.479 e. The third-order valence-electron chi connectivity index (χ3n) is 11.3. The summed E-state index contributed by atoms with van der Waals surface area (Å²) >= 11 is 0. The Morgan fingerprint density at radius 3 is 1.54 bits per heavy atom. The van der Waals surface area contributed by atoms with Crippen molar-refractivity contribution in [2.24, 2.45) is 0 Å². The van der Waals surface area contributed by atoms with Crippen LogP contribution in [0.2, 0.25) is 0 Å². The third kappa shape index (κ3) is 34.2. The van der Waals surface area contributed by atoms with Gasteiger partial charge in [0.05, 0.1) is 13.0 Å². The molecule has 1 heterocycles. The Labute approximate surface area is 404 Å². The van der Waals surface area contributed by atoms with Crippen molar-refractivity contribution in [2.75, 3.05) is 13.2 Å². The number of aliphatic carboxylic acids is 1. The number of carboxylic acid groups (broad SMARTS) is 1. The molecule has 1 aliphatic rings. The van der Waals surface area contributed by atoms with Gasteiger partial charge in [0, 0.05) is 12.8 Å². The first-order valence-corrected chi connectivity index (χ1v) is 25.9. The lowest BCUT2D eigenvalue weighted by Gasteiger charge is -2.40. The second-order valence-electron chi connectivity index (χ2n) is 17.4. The topological polar surface area (TPSA) is 175 Å². The molecule has 0 aliphatic carbocycles. The lowest BCUT2D eigenvalue weighted by atomic mass is 9.98. The van der Waals surface area contributed by atoms with Crippen molar-refractivity contribution in [3.05, 3.63) is 72.9 Å². The van der Waals surface area contributed by atoms with Gasteiger partial charge in [-0.15, -0.1) is 0 Å². The maximum absolute atomic E-state index is 13.0. The van der Waals surface area contributed by atoms with Crippen molar-refractivity contribution in [1.29, 1.82) is 0 Å². The first-order valence-electron chi connectivity index (χ1n) is 25.9. The van der Waals surface area contributed by atoms with Gasteiger partial charge in [0.1, 0.15) is 18.8 Å². The normalized spacial score (nSPS) is 19.4. The highest BCUT2D eigenvalue weighted by atomic mass is 16.7. The van der Waals surface area contributed by atoms with E-state index >= 15 is 0 Å². The Morgan fingerprint density at radius 1 is 0.522 bits per heavy atom. The summed E-state index contributed by atoms with van der Waals surface area (Å²) in [4.78, 5) is 50.7. The van der Waals surface area contributed by atoms with Gasteiger partial charge in [-0.1, -0.05) is 190 Å². The first-order chi connectivity index (χ1) is 32.6. The van der Waals surface area contributed by atoms with Crippen LogP contribution >= 0.6 is 0 Å². The minimum Gasteiger partial charge on any atom is -0.479 e. The number of hydrogen-bond acceptors (Lipinski definition) is 11. The molecule has 0 bridgehead atoms. The van der Waals surface area contributed by atoms with Gasteiger partial charge in [-0.3, -0.25) is 14.4 Å². The predicted octanol–water partition coefficient (Wildman–Crippen LogP) is 12.2. The van der Waals surface area contributed by atoms with Crippen LogP contribution in [0.15, 0.2) is 72.9 Å². The molecule has 0 amide bonds. The first kappa shape index (κ1) is 61.2. The second-order valence-corrected chi connectivity index (χ2v) is 17.4. The van der Waals surface area contributed by atoms with Crippen molar-refractivity contribution in [3.63, 3.8) is 0 Å². The van der Waals surface area contributed by atoms with Crippen LogP contribution in [0.4, 0.5) is 0 Å². The molecule has 0 aromatic carbocycles. The molecule has 1 rings (SSSR count). The van der Waals surface area contributed by atoms with E-state index in [0.29, 0.717) is 19.3 Å². The van der Waals surface area contributed by atoms with Crippen LogP contribution in [0.1, 0.15) is 201 Å². The number of aliphatic hydroxyl groups excluding tert-OH is 2. The zero-order chi connectivity index (χ0) is 49.0. The van der Waals surface area contributed by atoms with Crippen molar-refractivity contribution in [2.45, 2.75) is 237 Å². The van der Waals surface area contributed by atoms with Crippen LogP contribution < -0.4 is 0 Å². The van der Waals surface area contributed by atoms with Crippen LogP contribution in [0.3, 0.4) is 0 Å². The van der Waals surface area contributed by atoms with Crippen LogP contribution in [-0.4, -0.2) is 89.2 Å². The molecular weight excluding hydrogens is 853 g/mol. The SMILES string of the molecule is CC/C=C\C/C=C\C/C=C\C/C=C\C/C=C\CC(=O)OCC(COC1OC(C(=O)O)C(O)C(O)C1OC(=O)CCCCCCCCCCCCC)OC(=O)CCCCCCC/C=C\CCCC. The summed E-state index contributed by atoms with van der Waals surface area (Å²) in [6.45, 7) is 5.69. The molecule has 0 saturated carbocycles. The molecular formula is C55H90O12. The second kappa shape index (κ2) is 43.4. The fourth-order valence-corrected chi connectivity index (χ4v) is 7.30. The van der Waals surface area contributed by atoms with Gasteiger partial charge in [-0.25, -0.2) is 4.79 Å². The van der Waals surface area contributed by atoms with Gasteiger partial charge < -0.3 is 39.0 Å². The maximum Gasteiger partial charge on any atom is 0.335 e. The number of unbranched alkanes of at least 4 members (excludes halogenated alkanes) is 17. The fourth-order valence-electron chi connectivity index (χ4n) is 7.30. The minimum atomic E-state index is -1.91. The Bertz CT molecular complexity index is 1450. The van der Waals surface area contributed by atoms with Crippen molar-refractivity contribution in [1.82, 2.24) is 0 Å². The summed E-state index contributed by atoms with van der Waals surface area (Å²) in [5, 5.41) is 31.3. The summed E-state index contributed by atoms with van der Waals surface area (Å²) in [5.74, 6) is -3.30. The van der Waals surface area contributed by atoms with E-state index in [1.807, 2.05) is 12.2 Å². The van der Waals surface area contributed by atoms with Gasteiger partial charge in [-0.05, 0) is 64.2 Å². The highest BCUT2D eigenvalue weighted by Gasteiger charge is 2.50. The zero-order valence-corrected chi connectivity index (χ0v) is 41.6. The van der Waals surface area contributed by atoms with E-state index in [9.17, 15) is 34.5 Å². The molecule has 12 nitrogen and oxygen atoms in total. The van der Waals surface area contributed by atoms with E-state index in [0.717, 1.165) is 89.9 Å². The van der Waals surface area contributed by atoms with E-state index in [1.54, 1.807) is 6.08 Å². The number of hydrogen-bond donors (Lipinski definition) is 3. The molecule has 3 N–H and O–H groups in total. The summed E-state index contributed by atoms with van der Waals surface area (Å²) in [6, 6.07) is 0. The number of carboxylic acids is 1. The predicted molar refractivity (Wildman–Crippen MR) is 266 cm³/mol. The van der Waals surface area contributed by atoms with Crippen molar-refractivity contribution < 1.29 is 58.2 Å². The molecule has 6 unspecified atom stereocenters. The highest BCUT2D eigenvalue weighted by molar-refractivity contribution is 5.74. The number of carbonyl (C=O) groups is 4. The van der Waals surface area contributed by atoms with Crippen LogP contribution in [-0.2, 0) is 42.9 Å². The average Bonchev–Trinajstić information content (AvgIpc) is 3.31. The Balaban J connectivity index is 2.80. The fraction of sp³-hybridized carbons (Fsp3) is 0.709. The lowest BCUT2D eigenvalue weighted by molar-refractivity contribution is -0.301. The number of allylic oxidation sites excluding steroid dienone is 11. The highest BCUT2D eigenvalue weighted by Crippen LogP contribution is 2.26. The van der Waals surface area contributed by atoms with Crippen LogP contribution in [0, 0.1) is 0 Å². The third-order valence-corrected chi connectivity index (χ3v) is 11.3. The van der Waals surface area contributed by atoms with Gasteiger partial charge in [-0.2, -0.15) is 0 Å². The molecule has 0 aromatic heterocycles. The molecule has 0 radical (unpaired) electrons. The summed E-state index contributed by atoms with van der Waals surface area (Å²) in [5.41, 5.74) is 0. The molecule has 1 saturated heterocycles. The van der Waals surface area contributed by atoms with Crippen LogP contribution in [0.25, 0.3) is 0 Å². The number of rotatable bonds is 42. The summed E-state index contributed by atoms with van der Waals surface area (Å²) in [6.07, 6.45) is 40.7. The standard InChI is InChI=1S/C55H90O12/c1-4-7-10-13-16-19-22-23-24-25-28-29-32-35-38-41-47(56)63-44-46(65-48(57)42-39-36-33-30-26-20-17-14-11-8-5-2)45-64-55-53(51(60)50(59)52(67-55)54(61)62)66-49(58)43-40-37-34-31-27-21-18-15-12-9-6-3/h7,10,14,16-17,19,23-24,28-29,35,38,46,50-53,55,59-60H,4-6,8-9,11-13,15,18,20-22,25-27,30-34,36-37,39-45H2,1-3H3,(H,61,62)/b10-7-,17-14-,19-16-,24-23-,29-28-,38-35-. The molecule has 12 heteroatoms. The Kier molecular flexibility index (Phi) is 39.7. The maximum atomic E-state index is 13.0. The van der Waals surface area contributed by atoms with Crippen molar-refractivity contribution in [3.8, 4) is 0 Å². The van der Waals surface area contributed by atoms with Gasteiger partial charge in [0.2, 0.25) is 0 Å². The van der Waals surface area contributed by atoms with E-state index in [2.05, 4.69) is 75.5 Å². The van der Waals surface area contributed by atoms with Crippen LogP contribution in [0.5, 0.6) is 0 Å². The van der Waals surface area contributed by atoms with E-state index in [-0.39, 0.29) is 25.9 Å². The smallest absolute Gasteiger partial charge is 0.335 e. The monoisotopic (exact) mass is 943 g/mol. The minimum absolute atomic E-state index is 0.0170. The molecule has 67 heavy (non-hydrogen) atoms. The lowest BCUT2D eigenvalue weighted by Crippen LogP contribution is -2.61. The number of aliphatic hydroxyl groups is 2. The van der Waals surface area contributed by atoms with E-state index in [1.165, 1.54) is 51.4 Å². The molecule has 0 aromatic rings. The Morgan fingerprint density at radius 2 is 1.00 bits per heavy atom. The van der Waals surface area contributed by atoms with Gasteiger partial charge >= 0.3 is 23.9 Å². The zero-order valence-electron chi connectivity index (χ0n) is 41.6. The molecule has 0 spiro atoms. The van der Waals surface area contributed by atoms with Crippen molar-refractivity contribution >= 4 is 23.9 Å². The number of carbonyl (C=O) groups excluding carboxylic acids is 3. The van der Waals surface area contributed by atoms with E-state index in [4.69, 9.17) is 23.7 Å². The number of ether oxygens (including phenoxy) is 5. The van der Waals surface area contributed by atoms with E-state index < -0.39 is 67.3 Å². The number of esters is 3. The average molecular weight is 943 g/mol. The molecule has 1 aliphatic heterocycles. The van der Waals surface area contributed by atoms with Gasteiger partial charge in [0.25, 0.3) is 0 Å². The molecule has 1 fully saturated rings. The van der Waals surface area contributed by atoms with Gasteiger partial charge in [0.15, 0.2) is 24.6 Å².